The Hall–Kier alpha value is -2.99. The summed E-state index contributed by atoms with van der Waals surface area (Å²) >= 11 is 6.16. The lowest BCUT2D eigenvalue weighted by atomic mass is 9.90. The zero-order chi connectivity index (χ0) is 22.3. The molecule has 6 nitrogen and oxygen atoms in total. The monoisotopic (exact) mass is 451 g/mol. The number of hydrogen-bond donors (Lipinski definition) is 2. The topological polar surface area (TPSA) is 74.4 Å². The van der Waals surface area contributed by atoms with Crippen molar-refractivity contribution in [2.45, 2.75) is 25.7 Å². The second kappa shape index (κ2) is 8.17. The molecule has 0 radical (unpaired) electrons. The first-order chi connectivity index (χ1) is 15.5. The standard InChI is InChI=1S/C25H26ClN3O3/c1-32-22-7-6-17(13-20(22)26)28-24(31)19-14-25(19)8-10-29(11-9-25)23(30)12-16-15-27-21-5-3-2-4-18(16)21/h2-7,13,15,19,27H,8-12,14H2,1H3,(H,28,31). The van der Waals surface area contributed by atoms with Gasteiger partial charge in [0, 0.05) is 41.8 Å². The number of amides is 2. The average Bonchev–Trinajstić information content (AvgIpc) is 3.35. The molecular formula is C25H26ClN3O3. The highest BCUT2D eigenvalue weighted by atomic mass is 35.5. The van der Waals surface area contributed by atoms with Crippen LogP contribution < -0.4 is 10.1 Å². The lowest BCUT2D eigenvalue weighted by molar-refractivity contribution is -0.132. The zero-order valence-corrected chi connectivity index (χ0v) is 18.7. The molecule has 1 aliphatic heterocycles. The van der Waals surface area contributed by atoms with E-state index in [1.807, 2.05) is 35.4 Å². The van der Waals surface area contributed by atoms with Gasteiger partial charge in [0.2, 0.25) is 11.8 Å². The maximum Gasteiger partial charge on any atom is 0.228 e. The fraction of sp³-hybridized carbons (Fsp3) is 0.360. The van der Waals surface area contributed by atoms with E-state index in [0.29, 0.717) is 36.0 Å². The van der Waals surface area contributed by atoms with Crippen molar-refractivity contribution in [3.05, 3.63) is 59.2 Å². The maximum absolute atomic E-state index is 12.9. The van der Waals surface area contributed by atoms with Crippen LogP contribution >= 0.6 is 11.6 Å². The molecule has 1 aliphatic carbocycles. The molecule has 0 bridgehead atoms. The van der Waals surface area contributed by atoms with Crippen LogP contribution in [0.2, 0.25) is 5.02 Å². The normalized spacial score (nSPS) is 19.2. The fourth-order valence-electron chi connectivity index (χ4n) is 5.00. The molecule has 1 saturated heterocycles. The number of para-hydroxylation sites is 1. The second-order valence-corrected chi connectivity index (χ2v) is 9.28. The Morgan fingerprint density at radius 3 is 2.75 bits per heavy atom. The van der Waals surface area contributed by atoms with Crippen LogP contribution in [0.15, 0.2) is 48.7 Å². The van der Waals surface area contributed by atoms with Crippen molar-refractivity contribution >= 4 is 40.0 Å². The quantitative estimate of drug-likeness (QED) is 0.593. The number of aromatic amines is 1. The molecule has 32 heavy (non-hydrogen) atoms. The number of nitrogens with zero attached hydrogens (tertiary/aromatic N) is 1. The Kier molecular flexibility index (Phi) is 5.33. The van der Waals surface area contributed by atoms with Crippen LogP contribution in [0.25, 0.3) is 10.9 Å². The summed E-state index contributed by atoms with van der Waals surface area (Å²) in [6.07, 6.45) is 4.95. The van der Waals surface area contributed by atoms with Crippen molar-refractivity contribution in [3.63, 3.8) is 0 Å². The van der Waals surface area contributed by atoms with Crippen molar-refractivity contribution in [2.75, 3.05) is 25.5 Å². The Balaban J connectivity index is 1.16. The number of piperidine rings is 1. The van der Waals surface area contributed by atoms with Crippen LogP contribution in [0.1, 0.15) is 24.8 Å². The summed E-state index contributed by atoms with van der Waals surface area (Å²) in [6, 6.07) is 13.3. The van der Waals surface area contributed by atoms with Crippen molar-refractivity contribution in [2.24, 2.45) is 11.3 Å². The number of aromatic nitrogens is 1. The molecule has 2 fully saturated rings. The molecular weight excluding hydrogens is 426 g/mol. The molecule has 5 rings (SSSR count). The molecule has 1 atom stereocenters. The Bertz CT molecular complexity index is 1180. The minimum absolute atomic E-state index is 0.00533. The van der Waals surface area contributed by atoms with E-state index < -0.39 is 0 Å². The Morgan fingerprint density at radius 1 is 1.22 bits per heavy atom. The van der Waals surface area contributed by atoms with Gasteiger partial charge < -0.3 is 19.9 Å². The number of rotatable bonds is 5. The van der Waals surface area contributed by atoms with E-state index >= 15 is 0 Å². The van der Waals surface area contributed by atoms with Gasteiger partial charge in [0.05, 0.1) is 18.6 Å². The number of carbonyl (C=O) groups is 2. The average molecular weight is 452 g/mol. The lowest BCUT2D eigenvalue weighted by Gasteiger charge is -2.33. The van der Waals surface area contributed by atoms with E-state index in [0.717, 1.165) is 35.7 Å². The van der Waals surface area contributed by atoms with E-state index in [4.69, 9.17) is 16.3 Å². The number of ether oxygens (including phenoxy) is 1. The highest BCUT2D eigenvalue weighted by molar-refractivity contribution is 6.32. The molecule has 1 aromatic heterocycles. The minimum Gasteiger partial charge on any atom is -0.495 e. The molecule has 1 spiro atoms. The number of carbonyl (C=O) groups excluding carboxylic acids is 2. The number of methoxy groups -OCH3 is 1. The Labute approximate surface area is 191 Å². The van der Waals surface area contributed by atoms with Crippen LogP contribution in [-0.2, 0) is 16.0 Å². The number of benzene rings is 2. The lowest BCUT2D eigenvalue weighted by Crippen LogP contribution is -2.41. The minimum atomic E-state index is -0.00533. The van der Waals surface area contributed by atoms with Gasteiger partial charge >= 0.3 is 0 Å². The summed E-state index contributed by atoms with van der Waals surface area (Å²) in [5.74, 6) is 0.760. The highest BCUT2D eigenvalue weighted by Gasteiger charge is 2.58. The van der Waals surface area contributed by atoms with Crippen LogP contribution in [0.5, 0.6) is 5.75 Å². The molecule has 2 N–H and O–H groups in total. The summed E-state index contributed by atoms with van der Waals surface area (Å²) in [7, 11) is 1.56. The summed E-state index contributed by atoms with van der Waals surface area (Å²) in [5, 5.41) is 4.56. The summed E-state index contributed by atoms with van der Waals surface area (Å²) < 4.78 is 5.16. The van der Waals surface area contributed by atoms with E-state index in [1.54, 1.807) is 25.3 Å². The zero-order valence-electron chi connectivity index (χ0n) is 18.0. The molecule has 1 unspecified atom stereocenters. The van der Waals surface area contributed by atoms with Gasteiger partial charge in [-0.1, -0.05) is 29.8 Å². The van der Waals surface area contributed by atoms with Gasteiger partial charge in [0.1, 0.15) is 5.75 Å². The SMILES string of the molecule is COc1ccc(NC(=O)C2CC23CCN(C(=O)Cc2c[nH]c4ccccc24)CC3)cc1Cl. The number of anilines is 1. The van der Waals surface area contributed by atoms with E-state index in [1.165, 1.54) is 0 Å². The first kappa shape index (κ1) is 20.9. The van der Waals surface area contributed by atoms with Crippen molar-refractivity contribution in [3.8, 4) is 5.75 Å². The fourth-order valence-corrected chi connectivity index (χ4v) is 5.26. The van der Waals surface area contributed by atoms with Gasteiger partial charge in [-0.05, 0) is 54.5 Å². The van der Waals surface area contributed by atoms with Crippen molar-refractivity contribution < 1.29 is 14.3 Å². The largest absolute Gasteiger partial charge is 0.495 e. The predicted octanol–water partition coefficient (Wildman–Crippen LogP) is 4.64. The third-order valence-corrected chi connectivity index (χ3v) is 7.35. The predicted molar refractivity (Wildman–Crippen MR) is 125 cm³/mol. The van der Waals surface area contributed by atoms with Crippen LogP contribution in [0, 0.1) is 11.3 Å². The Morgan fingerprint density at radius 2 is 2.00 bits per heavy atom. The molecule has 2 amide bonds. The number of nitrogens with one attached hydrogen (secondary N) is 2. The second-order valence-electron chi connectivity index (χ2n) is 8.87. The molecule has 2 heterocycles. The van der Waals surface area contributed by atoms with E-state index in [2.05, 4.69) is 10.3 Å². The summed E-state index contributed by atoms with van der Waals surface area (Å²) in [6.45, 7) is 1.42. The van der Waals surface area contributed by atoms with Crippen LogP contribution in [-0.4, -0.2) is 41.9 Å². The van der Waals surface area contributed by atoms with Crippen LogP contribution in [0.4, 0.5) is 5.69 Å². The number of H-pyrrole nitrogens is 1. The molecule has 2 aliphatic rings. The first-order valence-electron chi connectivity index (χ1n) is 11.0. The maximum atomic E-state index is 12.9. The van der Waals surface area contributed by atoms with Gasteiger partial charge in [-0.3, -0.25) is 9.59 Å². The molecule has 2 aromatic carbocycles. The molecule has 1 saturated carbocycles. The van der Waals surface area contributed by atoms with Gasteiger partial charge in [-0.25, -0.2) is 0 Å². The molecule has 3 aromatic rings. The van der Waals surface area contributed by atoms with Crippen molar-refractivity contribution in [1.29, 1.82) is 0 Å². The number of fused-ring (bicyclic) bond motifs is 1. The third-order valence-electron chi connectivity index (χ3n) is 7.05. The van der Waals surface area contributed by atoms with Crippen molar-refractivity contribution in [1.82, 2.24) is 9.88 Å². The first-order valence-corrected chi connectivity index (χ1v) is 11.3. The summed E-state index contributed by atoms with van der Waals surface area (Å²) in [4.78, 5) is 30.9. The summed E-state index contributed by atoms with van der Waals surface area (Å²) in [5.41, 5.74) is 2.79. The van der Waals surface area contributed by atoms with Gasteiger partial charge in [0.25, 0.3) is 0 Å². The van der Waals surface area contributed by atoms with Gasteiger partial charge in [-0.15, -0.1) is 0 Å². The molecule has 166 valence electrons. The number of hydrogen-bond acceptors (Lipinski definition) is 3. The molecule has 7 heteroatoms. The number of likely N-dealkylation sites (tertiary alicyclic amines) is 1. The van der Waals surface area contributed by atoms with Crippen LogP contribution in [0.3, 0.4) is 0 Å². The highest BCUT2D eigenvalue weighted by Crippen LogP contribution is 2.59. The third kappa shape index (κ3) is 3.84. The van der Waals surface area contributed by atoms with Gasteiger partial charge in [-0.2, -0.15) is 0 Å². The van der Waals surface area contributed by atoms with E-state index in [-0.39, 0.29) is 23.1 Å². The van der Waals surface area contributed by atoms with Gasteiger partial charge in [0.15, 0.2) is 0 Å². The van der Waals surface area contributed by atoms with E-state index in [9.17, 15) is 9.59 Å². The smallest absolute Gasteiger partial charge is 0.228 e. The number of halogens is 1.